The number of nitrogens with zero attached hydrogens (tertiary/aromatic N) is 2. The zero-order valence-corrected chi connectivity index (χ0v) is 16.2. The molecule has 0 unspecified atom stereocenters. The average molecular weight is 389 g/mol. The molecular weight excluding hydrogens is 365 g/mol. The van der Waals surface area contributed by atoms with Crippen LogP contribution in [0.3, 0.4) is 0 Å². The number of piperidine rings is 1. The van der Waals surface area contributed by atoms with Crippen LogP contribution in [0.4, 0.5) is 0 Å². The van der Waals surface area contributed by atoms with E-state index in [-0.39, 0.29) is 5.91 Å². The number of nitrogens with two attached hydrogens (primary N) is 1. The summed E-state index contributed by atoms with van der Waals surface area (Å²) in [6, 6.07) is 13.5. The molecule has 4 N–H and O–H groups in total. The largest absolute Gasteiger partial charge is 0.489 e. The molecule has 1 aliphatic rings. The maximum atomic E-state index is 13.1. The quantitative estimate of drug-likeness (QED) is 0.586. The smallest absolute Gasteiger partial charge is 0.423 e. The Morgan fingerprint density at radius 2 is 1.97 bits per heavy atom. The summed E-state index contributed by atoms with van der Waals surface area (Å²) in [6.07, 6.45) is 5.00. The minimum atomic E-state index is -1.66. The van der Waals surface area contributed by atoms with Crippen molar-refractivity contribution in [3.05, 3.63) is 71.5 Å². The number of carbonyl (C=O) groups is 1. The van der Waals surface area contributed by atoms with Crippen LogP contribution in [0.15, 0.2) is 54.9 Å². The molecule has 6 nitrogen and oxygen atoms in total. The number of hydrogen-bond acceptors (Lipinski definition) is 5. The fraction of sp³-hybridized carbons (Fsp3) is 0.273. The van der Waals surface area contributed by atoms with Crippen molar-refractivity contribution < 1.29 is 14.8 Å². The van der Waals surface area contributed by atoms with Crippen LogP contribution >= 0.6 is 0 Å². The lowest BCUT2D eigenvalue weighted by molar-refractivity contribution is 0.0713. The molecule has 0 aliphatic carbocycles. The SMILES string of the molecule is NCc1cccc(C2CCN(C(=O)c3cc(B(O)O)c4cnccc4c3)CC2)c1. The van der Waals surface area contributed by atoms with Gasteiger partial charge in [0.2, 0.25) is 0 Å². The van der Waals surface area contributed by atoms with Crippen LogP contribution < -0.4 is 11.2 Å². The van der Waals surface area contributed by atoms with Crippen molar-refractivity contribution in [3.8, 4) is 0 Å². The van der Waals surface area contributed by atoms with Crippen molar-refractivity contribution in [2.24, 2.45) is 5.73 Å². The van der Waals surface area contributed by atoms with Crippen LogP contribution in [0.25, 0.3) is 10.8 Å². The molecule has 2 heterocycles. The van der Waals surface area contributed by atoms with Gasteiger partial charge in [0, 0.05) is 37.6 Å². The predicted octanol–water partition coefficient (Wildman–Crippen LogP) is 1.39. The van der Waals surface area contributed by atoms with Crippen LogP contribution in [0.1, 0.15) is 40.2 Å². The Morgan fingerprint density at radius 3 is 2.69 bits per heavy atom. The standard InChI is InChI=1S/C22H24BN3O3/c24-13-15-2-1-3-17(10-15)16-5-8-26(9-6-16)22(27)19-11-18-4-7-25-14-20(18)21(12-19)23(28)29/h1-4,7,10-12,14,16,28-29H,5-6,8-9,13,24H2. The Kier molecular flexibility index (Phi) is 5.62. The Labute approximate surface area is 170 Å². The first-order valence-corrected chi connectivity index (χ1v) is 9.89. The highest BCUT2D eigenvalue weighted by Gasteiger charge is 2.26. The molecule has 2 aromatic carbocycles. The van der Waals surface area contributed by atoms with Gasteiger partial charge in [-0.1, -0.05) is 24.3 Å². The molecule has 0 radical (unpaired) electrons. The van der Waals surface area contributed by atoms with E-state index in [1.807, 2.05) is 17.0 Å². The summed E-state index contributed by atoms with van der Waals surface area (Å²) in [6.45, 7) is 1.87. The summed E-state index contributed by atoms with van der Waals surface area (Å²) < 4.78 is 0. The topological polar surface area (TPSA) is 99.7 Å². The van der Waals surface area contributed by atoms with Crippen molar-refractivity contribution in [1.82, 2.24) is 9.88 Å². The van der Waals surface area contributed by atoms with E-state index in [9.17, 15) is 14.8 Å². The molecule has 1 aromatic heterocycles. The highest BCUT2D eigenvalue weighted by Crippen LogP contribution is 2.29. The number of benzene rings is 2. The molecule has 1 saturated heterocycles. The third-order valence-corrected chi connectivity index (χ3v) is 5.75. The molecule has 0 bridgehead atoms. The molecule has 1 aliphatic heterocycles. The average Bonchev–Trinajstić information content (AvgIpc) is 2.78. The van der Waals surface area contributed by atoms with Crippen LogP contribution in [0, 0.1) is 0 Å². The van der Waals surface area contributed by atoms with Crippen LogP contribution in [0.2, 0.25) is 0 Å². The normalized spacial score (nSPS) is 14.9. The Balaban J connectivity index is 1.52. The number of likely N-dealkylation sites (tertiary alicyclic amines) is 1. The number of aromatic nitrogens is 1. The number of pyridine rings is 1. The van der Waals surface area contributed by atoms with Crippen LogP contribution in [-0.2, 0) is 6.54 Å². The second-order valence-corrected chi connectivity index (χ2v) is 7.55. The van der Waals surface area contributed by atoms with Gasteiger partial charge in [0.25, 0.3) is 5.91 Å². The number of amides is 1. The third-order valence-electron chi connectivity index (χ3n) is 5.75. The lowest BCUT2D eigenvalue weighted by Crippen LogP contribution is -2.39. The molecular formula is C22H24BN3O3. The predicted molar refractivity (Wildman–Crippen MR) is 114 cm³/mol. The van der Waals surface area contributed by atoms with Gasteiger partial charge in [-0.3, -0.25) is 9.78 Å². The van der Waals surface area contributed by atoms with Gasteiger partial charge in [0.1, 0.15) is 0 Å². The highest BCUT2D eigenvalue weighted by molar-refractivity contribution is 6.62. The summed E-state index contributed by atoms with van der Waals surface area (Å²) in [5, 5.41) is 20.9. The van der Waals surface area contributed by atoms with Crippen molar-refractivity contribution in [3.63, 3.8) is 0 Å². The van der Waals surface area contributed by atoms with Crippen LogP contribution in [0.5, 0.6) is 0 Å². The number of hydrogen-bond donors (Lipinski definition) is 3. The van der Waals surface area contributed by atoms with Crippen molar-refractivity contribution in [2.45, 2.75) is 25.3 Å². The van der Waals surface area contributed by atoms with E-state index in [4.69, 9.17) is 5.73 Å². The molecule has 0 spiro atoms. The first kappa shape index (κ1) is 19.6. The number of rotatable bonds is 4. The Bertz CT molecular complexity index is 1030. The maximum absolute atomic E-state index is 13.1. The summed E-state index contributed by atoms with van der Waals surface area (Å²) >= 11 is 0. The Morgan fingerprint density at radius 1 is 1.17 bits per heavy atom. The van der Waals surface area contributed by atoms with E-state index in [0.717, 1.165) is 23.8 Å². The van der Waals surface area contributed by atoms with E-state index in [1.165, 1.54) is 5.56 Å². The molecule has 1 fully saturated rings. The summed E-state index contributed by atoms with van der Waals surface area (Å²) in [4.78, 5) is 19.0. The van der Waals surface area contributed by atoms with Gasteiger partial charge in [-0.25, -0.2) is 0 Å². The summed E-state index contributed by atoms with van der Waals surface area (Å²) in [5.41, 5.74) is 8.93. The second-order valence-electron chi connectivity index (χ2n) is 7.55. The van der Waals surface area contributed by atoms with E-state index in [0.29, 0.717) is 42.0 Å². The van der Waals surface area contributed by atoms with Gasteiger partial charge >= 0.3 is 7.12 Å². The molecule has 4 rings (SSSR count). The first-order chi connectivity index (χ1) is 14.1. The fourth-order valence-electron chi connectivity index (χ4n) is 4.14. The molecule has 1 amide bonds. The van der Waals surface area contributed by atoms with Crippen molar-refractivity contribution >= 4 is 29.3 Å². The van der Waals surface area contributed by atoms with Crippen molar-refractivity contribution in [2.75, 3.05) is 13.1 Å². The van der Waals surface area contributed by atoms with E-state index in [2.05, 4.69) is 17.1 Å². The van der Waals surface area contributed by atoms with E-state index >= 15 is 0 Å². The maximum Gasteiger partial charge on any atom is 0.489 e. The molecule has 0 atom stereocenters. The molecule has 0 saturated carbocycles. The van der Waals surface area contributed by atoms with Crippen LogP contribution in [-0.4, -0.2) is 46.0 Å². The van der Waals surface area contributed by atoms with Gasteiger partial charge in [0.15, 0.2) is 0 Å². The van der Waals surface area contributed by atoms with E-state index < -0.39 is 7.12 Å². The summed E-state index contributed by atoms with van der Waals surface area (Å²) in [7, 11) is -1.66. The van der Waals surface area contributed by atoms with Gasteiger partial charge in [-0.15, -0.1) is 0 Å². The zero-order valence-electron chi connectivity index (χ0n) is 16.2. The lowest BCUT2D eigenvalue weighted by Gasteiger charge is -2.32. The van der Waals surface area contributed by atoms with Gasteiger partial charge in [-0.05, 0) is 64.3 Å². The Hall–Kier alpha value is -2.74. The van der Waals surface area contributed by atoms with Gasteiger partial charge < -0.3 is 20.7 Å². The van der Waals surface area contributed by atoms with Gasteiger partial charge in [0.05, 0.1) is 0 Å². The van der Waals surface area contributed by atoms with Gasteiger partial charge in [-0.2, -0.15) is 0 Å². The number of fused-ring (bicyclic) bond motifs is 1. The lowest BCUT2D eigenvalue weighted by atomic mass is 9.76. The zero-order chi connectivity index (χ0) is 20.4. The molecule has 3 aromatic rings. The highest BCUT2D eigenvalue weighted by atomic mass is 16.4. The first-order valence-electron chi connectivity index (χ1n) is 9.89. The second kappa shape index (κ2) is 8.33. The fourth-order valence-corrected chi connectivity index (χ4v) is 4.14. The minimum absolute atomic E-state index is 0.0835. The summed E-state index contributed by atoms with van der Waals surface area (Å²) in [5.74, 6) is 0.336. The van der Waals surface area contributed by atoms with Crippen molar-refractivity contribution in [1.29, 1.82) is 0 Å². The molecule has 29 heavy (non-hydrogen) atoms. The monoisotopic (exact) mass is 389 g/mol. The molecule has 148 valence electrons. The van der Waals surface area contributed by atoms with E-state index in [1.54, 1.807) is 30.6 Å². The number of carbonyl (C=O) groups excluding carboxylic acids is 1. The third kappa shape index (κ3) is 4.03. The minimum Gasteiger partial charge on any atom is -0.423 e. The molecule has 7 heteroatoms.